The Labute approximate surface area is 133 Å². The molecule has 1 aliphatic heterocycles. The second-order valence-corrected chi connectivity index (χ2v) is 6.44. The van der Waals surface area contributed by atoms with Gasteiger partial charge in [0.2, 0.25) is 5.91 Å². The molecule has 0 saturated carbocycles. The molecule has 0 bridgehead atoms. The average molecular weight is 304 g/mol. The van der Waals surface area contributed by atoms with Gasteiger partial charge in [-0.15, -0.1) is 0 Å². The van der Waals surface area contributed by atoms with Gasteiger partial charge in [0, 0.05) is 19.6 Å². The standard InChI is InChI=1S/C18H28N2O2/c1-13(17-8-6-5-7-9-17)10-19-18(21)16(4)20-11-14(2)22-15(3)12-20/h5-9,13-16H,10-12H2,1-4H3,(H,19,21)/t13-,14+,15+,16+/m0/s1. The summed E-state index contributed by atoms with van der Waals surface area (Å²) in [6, 6.07) is 10.2. The fraction of sp³-hybridized carbons (Fsp3) is 0.611. The number of ether oxygens (including phenoxy) is 1. The first-order valence-electron chi connectivity index (χ1n) is 8.19. The molecule has 0 spiro atoms. The Kier molecular flexibility index (Phi) is 5.98. The van der Waals surface area contributed by atoms with E-state index in [1.54, 1.807) is 0 Å². The quantitative estimate of drug-likeness (QED) is 0.908. The maximum Gasteiger partial charge on any atom is 0.237 e. The summed E-state index contributed by atoms with van der Waals surface area (Å²) in [5.74, 6) is 0.420. The van der Waals surface area contributed by atoms with E-state index in [0.29, 0.717) is 12.5 Å². The topological polar surface area (TPSA) is 41.6 Å². The van der Waals surface area contributed by atoms with Crippen molar-refractivity contribution in [2.24, 2.45) is 0 Å². The average Bonchev–Trinajstić information content (AvgIpc) is 2.51. The fourth-order valence-electron chi connectivity index (χ4n) is 3.00. The normalized spacial score (nSPS) is 25.5. The van der Waals surface area contributed by atoms with Crippen molar-refractivity contribution in [1.29, 1.82) is 0 Å². The Bertz CT molecular complexity index is 467. The maximum absolute atomic E-state index is 12.4. The van der Waals surface area contributed by atoms with Crippen LogP contribution < -0.4 is 5.32 Å². The molecule has 1 saturated heterocycles. The third-order valence-electron chi connectivity index (χ3n) is 4.33. The first-order valence-corrected chi connectivity index (χ1v) is 8.19. The van der Waals surface area contributed by atoms with E-state index in [1.807, 2.05) is 25.1 Å². The predicted octanol–water partition coefficient (Wildman–Crippen LogP) is 2.40. The van der Waals surface area contributed by atoms with Crippen LogP contribution >= 0.6 is 0 Å². The van der Waals surface area contributed by atoms with Crippen LogP contribution in [0.15, 0.2) is 30.3 Å². The molecular weight excluding hydrogens is 276 g/mol. The molecule has 1 aromatic rings. The highest BCUT2D eigenvalue weighted by Crippen LogP contribution is 2.15. The van der Waals surface area contributed by atoms with Crippen molar-refractivity contribution in [3.05, 3.63) is 35.9 Å². The van der Waals surface area contributed by atoms with Gasteiger partial charge < -0.3 is 10.1 Å². The van der Waals surface area contributed by atoms with E-state index in [4.69, 9.17) is 4.74 Å². The van der Waals surface area contributed by atoms with Gasteiger partial charge in [0.05, 0.1) is 18.2 Å². The molecule has 4 heteroatoms. The van der Waals surface area contributed by atoms with Crippen LogP contribution in [0.2, 0.25) is 0 Å². The lowest BCUT2D eigenvalue weighted by atomic mass is 10.0. The van der Waals surface area contributed by atoms with E-state index in [0.717, 1.165) is 13.1 Å². The van der Waals surface area contributed by atoms with Crippen molar-refractivity contribution >= 4 is 5.91 Å². The molecule has 1 amide bonds. The molecule has 0 radical (unpaired) electrons. The van der Waals surface area contributed by atoms with E-state index < -0.39 is 0 Å². The number of amides is 1. The summed E-state index contributed by atoms with van der Waals surface area (Å²) in [7, 11) is 0. The zero-order chi connectivity index (χ0) is 16.1. The summed E-state index contributed by atoms with van der Waals surface area (Å²) < 4.78 is 5.73. The van der Waals surface area contributed by atoms with E-state index in [-0.39, 0.29) is 24.2 Å². The van der Waals surface area contributed by atoms with Crippen molar-refractivity contribution in [3.8, 4) is 0 Å². The van der Waals surface area contributed by atoms with Crippen LogP contribution in [0.4, 0.5) is 0 Å². The minimum absolute atomic E-state index is 0.101. The van der Waals surface area contributed by atoms with Gasteiger partial charge in [-0.1, -0.05) is 37.3 Å². The molecule has 122 valence electrons. The monoisotopic (exact) mass is 304 g/mol. The van der Waals surface area contributed by atoms with Gasteiger partial charge in [-0.3, -0.25) is 9.69 Å². The summed E-state index contributed by atoms with van der Waals surface area (Å²) >= 11 is 0. The summed E-state index contributed by atoms with van der Waals surface area (Å²) in [6.45, 7) is 10.5. The van der Waals surface area contributed by atoms with Gasteiger partial charge in [-0.25, -0.2) is 0 Å². The second kappa shape index (κ2) is 7.75. The third kappa shape index (κ3) is 4.55. The molecule has 1 aromatic carbocycles. The van der Waals surface area contributed by atoms with E-state index in [2.05, 4.69) is 43.1 Å². The van der Waals surface area contributed by atoms with Crippen LogP contribution in [0.1, 0.15) is 39.2 Å². The van der Waals surface area contributed by atoms with Gasteiger partial charge in [0.15, 0.2) is 0 Å². The predicted molar refractivity (Wildman–Crippen MR) is 88.9 cm³/mol. The van der Waals surface area contributed by atoms with E-state index in [1.165, 1.54) is 5.56 Å². The SMILES string of the molecule is C[C@@H]1CN([C@H](C)C(=O)NC[C@H](C)c2ccccc2)C[C@@H](C)O1. The van der Waals surface area contributed by atoms with Crippen LogP contribution in [0.5, 0.6) is 0 Å². The molecule has 2 rings (SSSR count). The lowest BCUT2D eigenvalue weighted by Crippen LogP contribution is -2.54. The van der Waals surface area contributed by atoms with Crippen LogP contribution in [0.3, 0.4) is 0 Å². The lowest BCUT2D eigenvalue weighted by Gasteiger charge is -2.38. The largest absolute Gasteiger partial charge is 0.373 e. The molecule has 1 N–H and O–H groups in total. The Balaban J connectivity index is 1.84. The molecule has 1 fully saturated rings. The van der Waals surface area contributed by atoms with Crippen molar-refractivity contribution in [1.82, 2.24) is 10.2 Å². The van der Waals surface area contributed by atoms with Gasteiger partial charge >= 0.3 is 0 Å². The Morgan fingerprint density at radius 3 is 2.41 bits per heavy atom. The molecule has 0 aromatic heterocycles. The first kappa shape index (κ1) is 17.0. The fourth-order valence-corrected chi connectivity index (χ4v) is 3.00. The molecule has 0 aliphatic carbocycles. The number of hydrogen-bond acceptors (Lipinski definition) is 3. The number of nitrogens with zero attached hydrogens (tertiary/aromatic N) is 1. The molecule has 0 unspecified atom stereocenters. The zero-order valence-electron chi connectivity index (χ0n) is 14.1. The minimum atomic E-state index is -0.114. The number of hydrogen-bond donors (Lipinski definition) is 1. The highest BCUT2D eigenvalue weighted by molar-refractivity contribution is 5.81. The third-order valence-corrected chi connectivity index (χ3v) is 4.33. The molecular formula is C18H28N2O2. The van der Waals surface area contributed by atoms with Crippen LogP contribution in [-0.4, -0.2) is 48.7 Å². The number of benzene rings is 1. The van der Waals surface area contributed by atoms with Crippen LogP contribution in [0, 0.1) is 0 Å². The summed E-state index contributed by atoms with van der Waals surface area (Å²) in [6.07, 6.45) is 0.365. The number of morpholine rings is 1. The van der Waals surface area contributed by atoms with Gasteiger partial charge in [0.25, 0.3) is 0 Å². The van der Waals surface area contributed by atoms with Gasteiger partial charge in [-0.2, -0.15) is 0 Å². The first-order chi connectivity index (χ1) is 10.5. The Morgan fingerprint density at radius 1 is 1.23 bits per heavy atom. The van der Waals surface area contributed by atoms with Crippen molar-refractivity contribution in [2.75, 3.05) is 19.6 Å². The maximum atomic E-state index is 12.4. The number of carbonyl (C=O) groups excluding carboxylic acids is 1. The smallest absolute Gasteiger partial charge is 0.237 e. The molecule has 1 heterocycles. The number of nitrogens with one attached hydrogen (secondary N) is 1. The molecule has 1 aliphatic rings. The Hall–Kier alpha value is -1.39. The zero-order valence-corrected chi connectivity index (χ0v) is 14.1. The number of carbonyl (C=O) groups is 1. The minimum Gasteiger partial charge on any atom is -0.373 e. The molecule has 22 heavy (non-hydrogen) atoms. The second-order valence-electron chi connectivity index (χ2n) is 6.44. The van der Waals surface area contributed by atoms with Gasteiger partial charge in [-0.05, 0) is 32.3 Å². The Morgan fingerprint density at radius 2 is 1.82 bits per heavy atom. The van der Waals surface area contributed by atoms with E-state index in [9.17, 15) is 4.79 Å². The molecule has 4 nitrogen and oxygen atoms in total. The van der Waals surface area contributed by atoms with E-state index >= 15 is 0 Å². The van der Waals surface area contributed by atoms with Crippen molar-refractivity contribution in [2.45, 2.75) is 51.9 Å². The van der Waals surface area contributed by atoms with Gasteiger partial charge in [0.1, 0.15) is 0 Å². The number of rotatable bonds is 5. The highest BCUT2D eigenvalue weighted by atomic mass is 16.5. The van der Waals surface area contributed by atoms with Crippen LogP contribution in [-0.2, 0) is 9.53 Å². The van der Waals surface area contributed by atoms with Crippen molar-refractivity contribution < 1.29 is 9.53 Å². The summed E-state index contributed by atoms with van der Waals surface area (Å²) in [5.41, 5.74) is 1.25. The van der Waals surface area contributed by atoms with Crippen LogP contribution in [0.25, 0.3) is 0 Å². The molecule has 4 atom stereocenters. The lowest BCUT2D eigenvalue weighted by molar-refractivity contribution is -0.131. The summed E-state index contributed by atoms with van der Waals surface area (Å²) in [5, 5.41) is 3.09. The highest BCUT2D eigenvalue weighted by Gasteiger charge is 2.29. The summed E-state index contributed by atoms with van der Waals surface area (Å²) in [4.78, 5) is 14.6. The van der Waals surface area contributed by atoms with Crippen molar-refractivity contribution in [3.63, 3.8) is 0 Å².